The Bertz CT molecular complexity index is 177. The van der Waals surface area contributed by atoms with Crippen molar-refractivity contribution in [2.75, 3.05) is 6.61 Å². The van der Waals surface area contributed by atoms with Gasteiger partial charge in [0, 0.05) is 12.1 Å². The molecule has 3 aliphatic rings. The summed E-state index contributed by atoms with van der Waals surface area (Å²) in [5.74, 6) is 0.184. The lowest BCUT2D eigenvalue weighted by atomic mass is 9.76. The van der Waals surface area contributed by atoms with Crippen LogP contribution in [0.1, 0.15) is 26.2 Å². The zero-order chi connectivity index (χ0) is 8.55. The quantitative estimate of drug-likeness (QED) is 0.618. The van der Waals surface area contributed by atoms with Crippen molar-refractivity contribution in [3.05, 3.63) is 0 Å². The number of hydrogen-bond acceptors (Lipinski definition) is 3. The lowest BCUT2D eigenvalue weighted by Gasteiger charge is -2.45. The average molecular weight is 169 g/mol. The van der Waals surface area contributed by atoms with Crippen LogP contribution in [-0.4, -0.2) is 24.7 Å². The summed E-state index contributed by atoms with van der Waals surface area (Å²) in [7, 11) is 0. The molecule has 2 heterocycles. The van der Waals surface area contributed by atoms with E-state index in [-0.39, 0.29) is 11.9 Å². The van der Waals surface area contributed by atoms with Crippen molar-refractivity contribution in [3.63, 3.8) is 0 Å². The minimum Gasteiger partial charge on any atom is -0.466 e. The van der Waals surface area contributed by atoms with Gasteiger partial charge in [-0.25, -0.2) is 0 Å². The molecule has 3 nitrogen and oxygen atoms in total. The van der Waals surface area contributed by atoms with Crippen molar-refractivity contribution in [1.82, 2.24) is 5.32 Å². The van der Waals surface area contributed by atoms with Crippen molar-refractivity contribution in [2.45, 2.75) is 38.3 Å². The van der Waals surface area contributed by atoms with Crippen molar-refractivity contribution in [2.24, 2.45) is 5.92 Å². The molecular weight excluding hydrogens is 154 g/mol. The highest BCUT2D eigenvalue weighted by molar-refractivity contribution is 5.72. The van der Waals surface area contributed by atoms with Crippen molar-refractivity contribution >= 4 is 5.97 Å². The van der Waals surface area contributed by atoms with E-state index in [2.05, 4.69) is 5.32 Å². The Morgan fingerprint density at radius 2 is 2.00 bits per heavy atom. The van der Waals surface area contributed by atoms with E-state index in [0.717, 1.165) is 12.8 Å². The average Bonchev–Trinajstić information content (AvgIpc) is 2.04. The smallest absolute Gasteiger partial charge is 0.309 e. The van der Waals surface area contributed by atoms with Gasteiger partial charge in [0.05, 0.1) is 12.5 Å². The van der Waals surface area contributed by atoms with Crippen LogP contribution in [0.5, 0.6) is 0 Å². The first-order chi connectivity index (χ1) is 5.79. The second-order valence-electron chi connectivity index (χ2n) is 3.72. The highest BCUT2D eigenvalue weighted by atomic mass is 16.5. The number of hydrogen-bond donors (Lipinski definition) is 1. The molecule has 12 heavy (non-hydrogen) atoms. The van der Waals surface area contributed by atoms with E-state index in [0.29, 0.717) is 18.7 Å². The molecule has 0 aromatic heterocycles. The molecule has 3 atom stereocenters. The molecule has 3 heteroatoms. The topological polar surface area (TPSA) is 38.3 Å². The molecule has 0 radical (unpaired) electrons. The van der Waals surface area contributed by atoms with Crippen molar-refractivity contribution < 1.29 is 9.53 Å². The van der Waals surface area contributed by atoms with E-state index in [1.807, 2.05) is 6.92 Å². The Morgan fingerprint density at radius 3 is 2.50 bits per heavy atom. The molecular formula is C9H15NO2. The summed E-state index contributed by atoms with van der Waals surface area (Å²) in [6.07, 6.45) is 3.22. The normalized spacial score (nSPS) is 38.6. The largest absolute Gasteiger partial charge is 0.466 e. The van der Waals surface area contributed by atoms with E-state index >= 15 is 0 Å². The second-order valence-corrected chi connectivity index (χ2v) is 3.72. The predicted molar refractivity (Wildman–Crippen MR) is 44.7 cm³/mol. The Kier molecular flexibility index (Phi) is 2.05. The number of nitrogens with one attached hydrogen (secondary N) is 1. The molecule has 68 valence electrons. The number of fused-ring (bicyclic) bond motifs is 2. The summed E-state index contributed by atoms with van der Waals surface area (Å²) in [6.45, 7) is 2.37. The zero-order valence-corrected chi connectivity index (χ0v) is 7.38. The molecule has 3 fully saturated rings. The summed E-state index contributed by atoms with van der Waals surface area (Å²) >= 11 is 0. The van der Waals surface area contributed by atoms with Gasteiger partial charge in [-0.05, 0) is 26.2 Å². The number of ether oxygens (including phenoxy) is 1. The summed E-state index contributed by atoms with van der Waals surface area (Å²) in [6, 6.07) is 1.19. The first-order valence-corrected chi connectivity index (χ1v) is 4.72. The minimum atomic E-state index is 0.00806. The van der Waals surface area contributed by atoms with Crippen LogP contribution in [0.3, 0.4) is 0 Å². The standard InChI is InChI=1S/C9H15NO2/c1-2-12-9(11)6-3-7-5-8(4-6)10-7/h6-8,10H,2-5H2,1H3/t6?,7-,8+. The van der Waals surface area contributed by atoms with Gasteiger partial charge < -0.3 is 10.1 Å². The molecule has 0 amide bonds. The SMILES string of the molecule is CCOC(=O)C1C[C@@H]2C[C@H](C1)N2. The van der Waals surface area contributed by atoms with Gasteiger partial charge in [-0.2, -0.15) is 0 Å². The molecule has 1 N–H and O–H groups in total. The van der Waals surface area contributed by atoms with Gasteiger partial charge in [-0.15, -0.1) is 0 Å². The maximum Gasteiger partial charge on any atom is 0.309 e. The van der Waals surface area contributed by atoms with Crippen LogP contribution in [-0.2, 0) is 9.53 Å². The fraction of sp³-hybridized carbons (Fsp3) is 0.889. The van der Waals surface area contributed by atoms with Gasteiger partial charge in [0.2, 0.25) is 0 Å². The predicted octanol–water partition coefficient (Wildman–Crippen LogP) is 0.690. The van der Waals surface area contributed by atoms with E-state index < -0.39 is 0 Å². The van der Waals surface area contributed by atoms with Crippen LogP contribution in [0, 0.1) is 5.92 Å². The van der Waals surface area contributed by atoms with Gasteiger partial charge in [-0.1, -0.05) is 0 Å². The molecule has 0 spiro atoms. The van der Waals surface area contributed by atoms with E-state index in [1.54, 1.807) is 0 Å². The fourth-order valence-corrected chi connectivity index (χ4v) is 2.22. The van der Waals surface area contributed by atoms with E-state index in [4.69, 9.17) is 4.74 Å². The zero-order valence-electron chi connectivity index (χ0n) is 7.38. The lowest BCUT2D eigenvalue weighted by Crippen LogP contribution is -2.59. The van der Waals surface area contributed by atoms with Crippen LogP contribution in [0.2, 0.25) is 0 Å². The maximum atomic E-state index is 11.3. The minimum absolute atomic E-state index is 0.00806. The van der Waals surface area contributed by atoms with Gasteiger partial charge in [0.25, 0.3) is 0 Å². The molecule has 3 rings (SSSR count). The summed E-state index contributed by atoms with van der Waals surface area (Å²) in [5.41, 5.74) is 0. The van der Waals surface area contributed by atoms with E-state index in [1.165, 1.54) is 6.42 Å². The van der Waals surface area contributed by atoms with Gasteiger partial charge >= 0.3 is 5.97 Å². The van der Waals surface area contributed by atoms with Crippen LogP contribution in [0.4, 0.5) is 0 Å². The lowest BCUT2D eigenvalue weighted by molar-refractivity contribution is -0.151. The third-order valence-corrected chi connectivity index (χ3v) is 2.80. The first kappa shape index (κ1) is 8.05. The summed E-state index contributed by atoms with van der Waals surface area (Å²) < 4.78 is 4.98. The van der Waals surface area contributed by atoms with Crippen LogP contribution in [0.25, 0.3) is 0 Å². The van der Waals surface area contributed by atoms with Gasteiger partial charge in [-0.3, -0.25) is 4.79 Å². The Morgan fingerprint density at radius 1 is 1.42 bits per heavy atom. The van der Waals surface area contributed by atoms with Crippen LogP contribution in [0.15, 0.2) is 0 Å². The highest BCUT2D eigenvalue weighted by Gasteiger charge is 2.40. The molecule has 1 aliphatic carbocycles. The van der Waals surface area contributed by atoms with Gasteiger partial charge in [0.15, 0.2) is 0 Å². The molecule has 1 saturated carbocycles. The highest BCUT2D eigenvalue weighted by Crippen LogP contribution is 2.33. The van der Waals surface area contributed by atoms with Crippen molar-refractivity contribution in [1.29, 1.82) is 0 Å². The first-order valence-electron chi connectivity index (χ1n) is 4.72. The summed E-state index contributed by atoms with van der Waals surface area (Å²) in [5, 5.41) is 3.40. The number of esters is 1. The molecule has 0 aromatic carbocycles. The molecule has 2 bridgehead atoms. The number of rotatable bonds is 2. The van der Waals surface area contributed by atoms with Crippen molar-refractivity contribution in [3.8, 4) is 0 Å². The molecule has 1 unspecified atom stereocenters. The molecule has 2 aliphatic heterocycles. The maximum absolute atomic E-state index is 11.3. The Labute approximate surface area is 72.5 Å². The second kappa shape index (κ2) is 3.05. The molecule has 2 saturated heterocycles. The van der Waals surface area contributed by atoms with Gasteiger partial charge in [0.1, 0.15) is 0 Å². The number of carbonyl (C=O) groups excluding carboxylic acids is 1. The Balaban J connectivity index is 1.85. The van der Waals surface area contributed by atoms with E-state index in [9.17, 15) is 4.79 Å². The monoisotopic (exact) mass is 169 g/mol. The fourth-order valence-electron chi connectivity index (χ4n) is 2.22. The van der Waals surface area contributed by atoms with Crippen LogP contribution >= 0.6 is 0 Å². The Hall–Kier alpha value is -0.570. The number of piperidine rings is 1. The third kappa shape index (κ3) is 1.33. The third-order valence-electron chi connectivity index (χ3n) is 2.80. The summed E-state index contributed by atoms with van der Waals surface area (Å²) in [4.78, 5) is 11.3. The molecule has 0 aromatic rings. The van der Waals surface area contributed by atoms with Crippen LogP contribution < -0.4 is 5.32 Å². The number of carbonyl (C=O) groups is 1.